The van der Waals surface area contributed by atoms with Crippen molar-refractivity contribution in [3.8, 4) is 0 Å². The molecule has 2 nitrogen and oxygen atoms in total. The molecule has 2 rings (SSSR count). The van der Waals surface area contributed by atoms with E-state index < -0.39 is 0 Å². The van der Waals surface area contributed by atoms with E-state index in [0.717, 1.165) is 4.47 Å². The average Bonchev–Trinajstić information content (AvgIpc) is 2.33. The van der Waals surface area contributed by atoms with Gasteiger partial charge in [-0.05, 0) is 18.2 Å². The largest absolute Gasteiger partial charge is 0.310 e. The summed E-state index contributed by atoms with van der Waals surface area (Å²) < 4.78 is 6.41. The Morgan fingerprint density at radius 2 is 2.36 bits per heavy atom. The molecule has 0 saturated carbocycles. The molecule has 0 aromatic heterocycles. The monoisotopic (exact) mass is 230 g/mol. The summed E-state index contributed by atoms with van der Waals surface area (Å²) in [7, 11) is 2.04. The molecule has 11 heavy (non-hydrogen) atoms. The van der Waals surface area contributed by atoms with Crippen LogP contribution in [0.3, 0.4) is 0 Å². The molecule has 0 bridgehead atoms. The summed E-state index contributed by atoms with van der Waals surface area (Å²) >= 11 is 5.03. The predicted molar refractivity (Wildman–Crippen MR) is 53.8 cm³/mol. The topological polar surface area (TPSA) is 15.3 Å². The van der Waals surface area contributed by atoms with Gasteiger partial charge in [-0.2, -0.15) is 0 Å². The van der Waals surface area contributed by atoms with E-state index in [1.54, 1.807) is 12.1 Å². The number of nitrogens with one attached hydrogen (secondary N) is 1. The lowest BCUT2D eigenvalue weighted by Gasteiger charge is -2.06. The van der Waals surface area contributed by atoms with Gasteiger partial charge < -0.3 is 4.72 Å². The quantitative estimate of drug-likeness (QED) is 0.691. The van der Waals surface area contributed by atoms with Gasteiger partial charge >= 0.3 is 0 Å². The molecule has 0 radical (unpaired) electrons. The van der Waals surface area contributed by atoms with Crippen molar-refractivity contribution >= 4 is 39.4 Å². The molecule has 1 heterocycles. The number of fused-ring (bicyclic) bond motifs is 1. The second kappa shape index (κ2) is 2.60. The predicted octanol–water partition coefficient (Wildman–Crippen LogP) is 2.87. The van der Waals surface area contributed by atoms with Crippen LogP contribution in [0.4, 0.5) is 11.4 Å². The van der Waals surface area contributed by atoms with Gasteiger partial charge in [-0.1, -0.05) is 15.9 Å². The minimum atomic E-state index is 1.12. The molecular weight excluding hydrogens is 224 g/mol. The summed E-state index contributed by atoms with van der Waals surface area (Å²) in [6.45, 7) is 0. The van der Waals surface area contributed by atoms with Crippen molar-refractivity contribution in [3.63, 3.8) is 0 Å². The van der Waals surface area contributed by atoms with Gasteiger partial charge in [-0.3, -0.25) is 4.31 Å². The van der Waals surface area contributed by atoms with E-state index in [0.29, 0.717) is 0 Å². The highest BCUT2D eigenvalue weighted by Crippen LogP contribution is 2.39. The molecule has 0 aliphatic carbocycles. The highest BCUT2D eigenvalue weighted by molar-refractivity contribution is 9.10. The van der Waals surface area contributed by atoms with Crippen molar-refractivity contribution in [2.24, 2.45) is 0 Å². The Morgan fingerprint density at radius 3 is 3.18 bits per heavy atom. The van der Waals surface area contributed by atoms with Gasteiger partial charge in [0.2, 0.25) is 0 Å². The van der Waals surface area contributed by atoms with Gasteiger partial charge in [-0.25, -0.2) is 0 Å². The summed E-state index contributed by atoms with van der Waals surface area (Å²) in [5, 5.41) is 0. The smallest absolute Gasteiger partial charge is 0.0734 e. The Labute approximate surface area is 78.4 Å². The first-order valence-electron chi connectivity index (χ1n) is 3.23. The van der Waals surface area contributed by atoms with Crippen LogP contribution in [0.2, 0.25) is 0 Å². The number of hydrogen-bond acceptors (Lipinski definition) is 3. The standard InChI is InChI=1S/C7H7BrN2S/c1-10-7-4-5(8)2-3-6(7)9-11-10/h2-4,9H,1H3. The van der Waals surface area contributed by atoms with Gasteiger partial charge in [0.15, 0.2) is 0 Å². The Bertz CT molecular complexity index is 290. The van der Waals surface area contributed by atoms with E-state index in [1.807, 2.05) is 13.1 Å². The number of nitrogens with zero attached hydrogens (tertiary/aromatic N) is 1. The summed E-state index contributed by atoms with van der Waals surface area (Å²) in [4.78, 5) is 0. The molecule has 58 valence electrons. The second-order valence-corrected chi connectivity index (χ2v) is 4.20. The molecule has 0 fully saturated rings. The van der Waals surface area contributed by atoms with E-state index in [2.05, 4.69) is 37.1 Å². The SMILES string of the molecule is CN1SNc2ccc(Br)cc21. The van der Waals surface area contributed by atoms with Crippen LogP contribution < -0.4 is 9.03 Å². The fourth-order valence-electron chi connectivity index (χ4n) is 1.02. The first-order chi connectivity index (χ1) is 5.27. The summed E-state index contributed by atoms with van der Waals surface area (Å²) in [5.41, 5.74) is 2.41. The Morgan fingerprint density at radius 1 is 1.55 bits per heavy atom. The fraction of sp³-hybridized carbons (Fsp3) is 0.143. The number of benzene rings is 1. The zero-order valence-corrected chi connectivity index (χ0v) is 8.37. The van der Waals surface area contributed by atoms with Crippen LogP contribution in [-0.2, 0) is 0 Å². The molecular formula is C7H7BrN2S. The molecule has 1 aliphatic rings. The highest BCUT2D eigenvalue weighted by atomic mass is 79.9. The number of halogens is 1. The lowest BCUT2D eigenvalue weighted by atomic mass is 10.3. The van der Waals surface area contributed by atoms with Crippen LogP contribution in [0.5, 0.6) is 0 Å². The number of rotatable bonds is 0. The van der Waals surface area contributed by atoms with Gasteiger partial charge in [0.05, 0.1) is 23.5 Å². The third-order valence-corrected chi connectivity index (χ3v) is 2.87. The van der Waals surface area contributed by atoms with Crippen LogP contribution in [0.1, 0.15) is 0 Å². The minimum Gasteiger partial charge on any atom is -0.310 e. The maximum atomic E-state index is 3.43. The van der Waals surface area contributed by atoms with Crippen molar-refractivity contribution in [2.75, 3.05) is 16.1 Å². The molecule has 0 spiro atoms. The van der Waals surface area contributed by atoms with Crippen molar-refractivity contribution in [1.29, 1.82) is 0 Å². The highest BCUT2D eigenvalue weighted by Gasteiger charge is 2.15. The first kappa shape index (κ1) is 7.31. The molecule has 1 aromatic rings. The van der Waals surface area contributed by atoms with E-state index in [4.69, 9.17) is 0 Å². The number of anilines is 2. The van der Waals surface area contributed by atoms with Crippen LogP contribution >= 0.6 is 28.1 Å². The van der Waals surface area contributed by atoms with E-state index in [9.17, 15) is 0 Å². The average molecular weight is 231 g/mol. The van der Waals surface area contributed by atoms with E-state index in [-0.39, 0.29) is 0 Å². The summed E-state index contributed by atoms with van der Waals surface area (Å²) in [6.07, 6.45) is 0. The van der Waals surface area contributed by atoms with Crippen LogP contribution in [0.25, 0.3) is 0 Å². The fourth-order valence-corrected chi connectivity index (χ4v) is 2.02. The van der Waals surface area contributed by atoms with Crippen LogP contribution in [0, 0.1) is 0 Å². The molecule has 1 N–H and O–H groups in total. The van der Waals surface area contributed by atoms with Crippen LogP contribution in [0.15, 0.2) is 22.7 Å². The third-order valence-electron chi connectivity index (χ3n) is 1.59. The zero-order valence-electron chi connectivity index (χ0n) is 5.97. The van der Waals surface area contributed by atoms with Gasteiger partial charge in [0.1, 0.15) is 0 Å². The third kappa shape index (κ3) is 1.20. The Kier molecular flexibility index (Phi) is 1.73. The molecule has 0 saturated heterocycles. The minimum absolute atomic E-state index is 1.12. The number of hydrogen-bond donors (Lipinski definition) is 1. The maximum Gasteiger partial charge on any atom is 0.0734 e. The summed E-state index contributed by atoms with van der Waals surface area (Å²) in [5.74, 6) is 0. The molecule has 1 aliphatic heterocycles. The second-order valence-electron chi connectivity index (χ2n) is 2.35. The normalized spacial score (nSPS) is 14.5. The van der Waals surface area contributed by atoms with Gasteiger partial charge in [-0.15, -0.1) is 0 Å². The van der Waals surface area contributed by atoms with Crippen LogP contribution in [-0.4, -0.2) is 7.05 Å². The summed E-state index contributed by atoms with van der Waals surface area (Å²) in [6, 6.07) is 6.20. The lowest BCUT2D eigenvalue weighted by Crippen LogP contribution is -2.00. The lowest BCUT2D eigenvalue weighted by molar-refractivity contribution is 1.39. The van der Waals surface area contributed by atoms with Crippen molar-refractivity contribution in [2.45, 2.75) is 0 Å². The molecule has 0 atom stereocenters. The Balaban J connectivity index is 2.52. The van der Waals surface area contributed by atoms with Crippen molar-refractivity contribution in [1.82, 2.24) is 0 Å². The van der Waals surface area contributed by atoms with E-state index >= 15 is 0 Å². The Hall–Kier alpha value is -0.350. The molecule has 1 aromatic carbocycles. The first-order valence-corrected chi connectivity index (χ1v) is 4.80. The van der Waals surface area contributed by atoms with E-state index in [1.165, 1.54) is 11.4 Å². The maximum absolute atomic E-state index is 3.43. The van der Waals surface area contributed by atoms with Gasteiger partial charge in [0.25, 0.3) is 0 Å². The molecule has 4 heteroatoms. The van der Waals surface area contributed by atoms with Gasteiger partial charge in [0, 0.05) is 11.5 Å². The zero-order chi connectivity index (χ0) is 7.84. The van der Waals surface area contributed by atoms with Crippen molar-refractivity contribution < 1.29 is 0 Å². The molecule has 0 unspecified atom stereocenters. The molecule has 0 amide bonds. The van der Waals surface area contributed by atoms with Crippen molar-refractivity contribution in [3.05, 3.63) is 22.7 Å².